The average Bonchev–Trinajstić information content (AvgIpc) is 2.31. The lowest BCUT2D eigenvalue weighted by molar-refractivity contribution is 0.0970. The number of hydrogen-bond acceptors (Lipinski definition) is 3. The summed E-state index contributed by atoms with van der Waals surface area (Å²) in [5, 5.41) is 9.22. The highest BCUT2D eigenvalue weighted by molar-refractivity contribution is 5.45. The Hall–Kier alpha value is -1.56. The number of pyridine rings is 1. The second-order valence-corrected chi connectivity index (χ2v) is 5.29. The quantitative estimate of drug-likeness (QED) is 0.799. The van der Waals surface area contributed by atoms with Crippen molar-refractivity contribution in [3.8, 4) is 11.9 Å². The molecule has 2 rings (SSSR count). The van der Waals surface area contributed by atoms with E-state index in [0.717, 1.165) is 17.7 Å². The van der Waals surface area contributed by atoms with Crippen LogP contribution in [0.5, 0.6) is 5.88 Å². The van der Waals surface area contributed by atoms with Crippen LogP contribution in [0.25, 0.3) is 0 Å². The molecule has 2 atom stereocenters. The molecule has 0 N–H and O–H groups in total. The molecule has 0 radical (unpaired) electrons. The van der Waals surface area contributed by atoms with Gasteiger partial charge in [-0.3, -0.25) is 0 Å². The third-order valence-electron chi connectivity index (χ3n) is 3.72. The zero-order valence-electron chi connectivity index (χ0n) is 11.4. The third kappa shape index (κ3) is 2.64. The summed E-state index contributed by atoms with van der Waals surface area (Å²) in [6, 6.07) is 4.13. The van der Waals surface area contributed by atoms with Gasteiger partial charge in [-0.25, -0.2) is 4.98 Å². The molecule has 1 aromatic heterocycles. The van der Waals surface area contributed by atoms with Crippen LogP contribution >= 0.6 is 0 Å². The third-order valence-corrected chi connectivity index (χ3v) is 3.72. The van der Waals surface area contributed by atoms with Crippen LogP contribution in [0, 0.1) is 31.1 Å². The summed E-state index contributed by atoms with van der Waals surface area (Å²) in [5.74, 6) is 1.07. The van der Waals surface area contributed by atoms with E-state index >= 15 is 0 Å². The van der Waals surface area contributed by atoms with E-state index in [2.05, 4.69) is 18.0 Å². The molecule has 1 aliphatic rings. The molecule has 0 saturated heterocycles. The van der Waals surface area contributed by atoms with E-state index in [1.807, 2.05) is 19.9 Å². The fourth-order valence-corrected chi connectivity index (χ4v) is 2.62. The molecule has 3 nitrogen and oxygen atoms in total. The predicted molar refractivity (Wildman–Crippen MR) is 70.5 cm³/mol. The molecule has 1 heterocycles. The van der Waals surface area contributed by atoms with Crippen molar-refractivity contribution < 1.29 is 4.74 Å². The van der Waals surface area contributed by atoms with Gasteiger partial charge in [0.25, 0.3) is 0 Å². The summed E-state index contributed by atoms with van der Waals surface area (Å²) in [5.41, 5.74) is 2.44. The van der Waals surface area contributed by atoms with E-state index in [-0.39, 0.29) is 6.10 Å². The highest BCUT2D eigenvalue weighted by Crippen LogP contribution is 2.29. The van der Waals surface area contributed by atoms with Crippen molar-refractivity contribution >= 4 is 0 Å². The van der Waals surface area contributed by atoms with Crippen LogP contribution in [-0.4, -0.2) is 11.1 Å². The molecule has 0 aliphatic heterocycles. The first-order chi connectivity index (χ1) is 8.61. The Labute approximate surface area is 109 Å². The molecule has 0 bridgehead atoms. The van der Waals surface area contributed by atoms with Gasteiger partial charge in [0.1, 0.15) is 17.7 Å². The first kappa shape index (κ1) is 12.9. The van der Waals surface area contributed by atoms with Crippen molar-refractivity contribution in [3.05, 3.63) is 22.9 Å². The Morgan fingerprint density at radius 2 is 2.06 bits per heavy atom. The maximum atomic E-state index is 9.22. The maximum Gasteiger partial charge on any atom is 0.232 e. The standard InChI is InChI=1S/C15H20N2O/c1-10-6-4-5-7-14(10)18-15-13(9-16)11(2)8-12(3)17-15/h8,10,14H,4-7H2,1-3H3. The average molecular weight is 244 g/mol. The lowest BCUT2D eigenvalue weighted by Gasteiger charge is -2.29. The molecule has 3 heteroatoms. The summed E-state index contributed by atoms with van der Waals surface area (Å²) in [6.07, 6.45) is 4.98. The molecule has 0 aromatic carbocycles. The molecule has 1 aromatic rings. The second kappa shape index (κ2) is 5.39. The van der Waals surface area contributed by atoms with Crippen molar-refractivity contribution in [1.29, 1.82) is 5.26 Å². The van der Waals surface area contributed by atoms with Crippen LogP contribution in [0.4, 0.5) is 0 Å². The first-order valence-corrected chi connectivity index (χ1v) is 6.67. The van der Waals surface area contributed by atoms with E-state index in [4.69, 9.17) is 4.74 Å². The summed E-state index contributed by atoms with van der Waals surface area (Å²) < 4.78 is 6.02. The van der Waals surface area contributed by atoms with Crippen LogP contribution in [0.15, 0.2) is 6.07 Å². The Morgan fingerprint density at radius 1 is 1.33 bits per heavy atom. The summed E-state index contributed by atoms with van der Waals surface area (Å²) in [6.45, 7) is 6.09. The zero-order valence-corrected chi connectivity index (χ0v) is 11.4. The molecule has 2 unspecified atom stereocenters. The van der Waals surface area contributed by atoms with Gasteiger partial charge in [0.05, 0.1) is 0 Å². The Balaban J connectivity index is 2.25. The fourth-order valence-electron chi connectivity index (χ4n) is 2.62. The first-order valence-electron chi connectivity index (χ1n) is 6.67. The highest BCUT2D eigenvalue weighted by atomic mass is 16.5. The van der Waals surface area contributed by atoms with Gasteiger partial charge >= 0.3 is 0 Å². The number of hydrogen-bond donors (Lipinski definition) is 0. The topological polar surface area (TPSA) is 45.9 Å². The molecule has 1 fully saturated rings. The highest BCUT2D eigenvalue weighted by Gasteiger charge is 2.24. The van der Waals surface area contributed by atoms with Crippen LogP contribution in [-0.2, 0) is 0 Å². The normalized spacial score (nSPS) is 23.4. The van der Waals surface area contributed by atoms with E-state index in [1.165, 1.54) is 19.3 Å². The molecule has 96 valence electrons. The summed E-state index contributed by atoms with van der Waals surface area (Å²) >= 11 is 0. The van der Waals surface area contributed by atoms with E-state index in [9.17, 15) is 5.26 Å². The molecule has 0 amide bonds. The largest absolute Gasteiger partial charge is 0.473 e. The van der Waals surface area contributed by atoms with Crippen molar-refractivity contribution in [3.63, 3.8) is 0 Å². The molecule has 18 heavy (non-hydrogen) atoms. The Kier molecular flexibility index (Phi) is 3.86. The number of aryl methyl sites for hydroxylation is 2. The molecule has 0 spiro atoms. The number of nitrogens with zero attached hydrogens (tertiary/aromatic N) is 2. The van der Waals surface area contributed by atoms with Crippen molar-refractivity contribution in [2.45, 2.75) is 52.6 Å². The van der Waals surface area contributed by atoms with Gasteiger partial charge in [-0.15, -0.1) is 0 Å². The second-order valence-electron chi connectivity index (χ2n) is 5.29. The minimum Gasteiger partial charge on any atom is -0.473 e. The van der Waals surface area contributed by atoms with E-state index < -0.39 is 0 Å². The van der Waals surface area contributed by atoms with E-state index in [0.29, 0.717) is 17.4 Å². The Bertz CT molecular complexity index is 476. The maximum absolute atomic E-state index is 9.22. The lowest BCUT2D eigenvalue weighted by atomic mass is 9.88. The van der Waals surface area contributed by atoms with Crippen LogP contribution in [0.1, 0.15) is 49.4 Å². The predicted octanol–water partition coefficient (Wildman–Crippen LogP) is 3.53. The fraction of sp³-hybridized carbons (Fsp3) is 0.600. The minimum atomic E-state index is 0.208. The Morgan fingerprint density at radius 3 is 2.72 bits per heavy atom. The number of ether oxygens (including phenoxy) is 1. The SMILES string of the molecule is Cc1cc(C)c(C#N)c(OC2CCCCC2C)n1. The van der Waals surface area contributed by atoms with Gasteiger partial charge in [0, 0.05) is 5.69 Å². The molecular formula is C15H20N2O. The van der Waals surface area contributed by atoms with Crippen LogP contribution in [0.2, 0.25) is 0 Å². The van der Waals surface area contributed by atoms with Crippen molar-refractivity contribution in [2.24, 2.45) is 5.92 Å². The molecule has 1 aliphatic carbocycles. The van der Waals surface area contributed by atoms with Crippen molar-refractivity contribution in [2.75, 3.05) is 0 Å². The molecular weight excluding hydrogens is 224 g/mol. The van der Waals surface area contributed by atoms with E-state index in [1.54, 1.807) is 0 Å². The number of rotatable bonds is 2. The summed E-state index contributed by atoms with van der Waals surface area (Å²) in [4.78, 5) is 4.39. The van der Waals surface area contributed by atoms with Crippen LogP contribution < -0.4 is 4.74 Å². The zero-order chi connectivity index (χ0) is 13.1. The number of nitriles is 1. The lowest BCUT2D eigenvalue weighted by Crippen LogP contribution is -2.29. The van der Waals surface area contributed by atoms with Gasteiger partial charge in [-0.05, 0) is 50.7 Å². The summed E-state index contributed by atoms with van der Waals surface area (Å²) in [7, 11) is 0. The van der Waals surface area contributed by atoms with Gasteiger partial charge in [0.15, 0.2) is 0 Å². The smallest absolute Gasteiger partial charge is 0.232 e. The number of aromatic nitrogens is 1. The van der Waals surface area contributed by atoms with Crippen molar-refractivity contribution in [1.82, 2.24) is 4.98 Å². The van der Waals surface area contributed by atoms with Gasteiger partial charge in [-0.1, -0.05) is 13.3 Å². The van der Waals surface area contributed by atoms with Gasteiger partial charge in [0.2, 0.25) is 5.88 Å². The van der Waals surface area contributed by atoms with Crippen LogP contribution in [0.3, 0.4) is 0 Å². The molecule has 1 saturated carbocycles. The monoisotopic (exact) mass is 244 g/mol. The van der Waals surface area contributed by atoms with Gasteiger partial charge in [-0.2, -0.15) is 5.26 Å². The van der Waals surface area contributed by atoms with Gasteiger partial charge < -0.3 is 4.74 Å². The minimum absolute atomic E-state index is 0.208.